The summed E-state index contributed by atoms with van der Waals surface area (Å²) in [6, 6.07) is 3.72. The van der Waals surface area contributed by atoms with E-state index in [4.69, 9.17) is 0 Å². The Morgan fingerprint density at radius 2 is 2.32 bits per heavy atom. The fourth-order valence-electron chi connectivity index (χ4n) is 2.97. The van der Waals surface area contributed by atoms with E-state index in [1.165, 1.54) is 19.4 Å². The van der Waals surface area contributed by atoms with E-state index in [0.717, 1.165) is 30.6 Å². The van der Waals surface area contributed by atoms with Gasteiger partial charge in [-0.15, -0.1) is 0 Å². The van der Waals surface area contributed by atoms with Gasteiger partial charge in [0.15, 0.2) is 6.29 Å². The van der Waals surface area contributed by atoms with Gasteiger partial charge in [-0.3, -0.25) is 4.79 Å². The van der Waals surface area contributed by atoms with Crippen LogP contribution >= 0.6 is 0 Å². The molecule has 19 heavy (non-hydrogen) atoms. The van der Waals surface area contributed by atoms with Gasteiger partial charge in [-0.1, -0.05) is 0 Å². The molecular weight excluding hydrogens is 238 g/mol. The average molecular weight is 257 g/mol. The molecule has 1 atom stereocenters. The summed E-state index contributed by atoms with van der Waals surface area (Å²) in [5.74, 6) is 0.703. The van der Waals surface area contributed by atoms with Crippen LogP contribution in [0.25, 0.3) is 5.65 Å². The van der Waals surface area contributed by atoms with Gasteiger partial charge in [-0.05, 0) is 50.9 Å². The molecule has 0 bridgehead atoms. The van der Waals surface area contributed by atoms with E-state index < -0.39 is 0 Å². The minimum absolute atomic E-state index is 0.689. The molecule has 4 heteroatoms. The largest absolute Gasteiger partial charge is 0.306 e. The Labute approximate surface area is 113 Å². The van der Waals surface area contributed by atoms with E-state index in [1.54, 1.807) is 0 Å². The van der Waals surface area contributed by atoms with Crippen LogP contribution < -0.4 is 0 Å². The lowest BCUT2D eigenvalue weighted by atomic mass is 9.94. The highest BCUT2D eigenvalue weighted by Crippen LogP contribution is 2.20. The van der Waals surface area contributed by atoms with Gasteiger partial charge in [-0.2, -0.15) is 0 Å². The van der Waals surface area contributed by atoms with E-state index in [9.17, 15) is 4.79 Å². The summed E-state index contributed by atoms with van der Waals surface area (Å²) in [7, 11) is 2.19. The summed E-state index contributed by atoms with van der Waals surface area (Å²) >= 11 is 0. The molecule has 0 spiro atoms. The molecule has 0 N–H and O–H groups in total. The molecule has 1 fully saturated rings. The van der Waals surface area contributed by atoms with Gasteiger partial charge in [-0.25, -0.2) is 4.98 Å². The van der Waals surface area contributed by atoms with Gasteiger partial charge in [0.2, 0.25) is 0 Å². The van der Waals surface area contributed by atoms with Crippen LogP contribution in [-0.4, -0.2) is 40.7 Å². The van der Waals surface area contributed by atoms with Crippen LogP contribution in [0.15, 0.2) is 24.5 Å². The lowest BCUT2D eigenvalue weighted by Gasteiger charge is -2.29. The molecule has 4 nitrogen and oxygen atoms in total. The number of carbonyl (C=O) groups is 1. The molecule has 0 aromatic carbocycles. The van der Waals surface area contributed by atoms with Crippen LogP contribution in [0.4, 0.5) is 0 Å². The van der Waals surface area contributed by atoms with Crippen molar-refractivity contribution in [2.45, 2.75) is 19.3 Å². The number of likely N-dealkylation sites (tertiary alicyclic amines) is 1. The third kappa shape index (κ3) is 2.68. The second kappa shape index (κ2) is 5.13. The summed E-state index contributed by atoms with van der Waals surface area (Å²) in [5.41, 5.74) is 2.74. The van der Waals surface area contributed by atoms with Crippen LogP contribution in [0.3, 0.4) is 0 Å². The Morgan fingerprint density at radius 3 is 3.11 bits per heavy atom. The first kappa shape index (κ1) is 12.4. The molecule has 3 rings (SSSR count). The van der Waals surface area contributed by atoms with Crippen molar-refractivity contribution in [1.82, 2.24) is 14.3 Å². The number of aldehydes is 1. The normalized spacial score (nSPS) is 20.8. The number of carbonyl (C=O) groups excluding carboxylic acids is 1. The molecule has 1 aliphatic rings. The molecule has 1 unspecified atom stereocenters. The molecule has 1 saturated heterocycles. The van der Waals surface area contributed by atoms with Gasteiger partial charge < -0.3 is 9.30 Å². The lowest BCUT2D eigenvalue weighted by Crippen LogP contribution is -2.33. The summed E-state index contributed by atoms with van der Waals surface area (Å²) in [6.45, 7) is 2.37. The molecule has 2 aromatic rings. The van der Waals surface area contributed by atoms with Crippen LogP contribution in [0, 0.1) is 5.92 Å². The first-order chi connectivity index (χ1) is 9.24. The smallest absolute Gasteiger partial charge is 0.151 e. The number of hydrogen-bond acceptors (Lipinski definition) is 3. The number of aromatic nitrogens is 2. The van der Waals surface area contributed by atoms with Crippen LogP contribution in [0.1, 0.15) is 28.9 Å². The Hall–Kier alpha value is -1.68. The quantitative estimate of drug-likeness (QED) is 0.790. The topological polar surface area (TPSA) is 37.6 Å². The number of imidazole rings is 1. The van der Waals surface area contributed by atoms with E-state index in [1.807, 2.05) is 22.7 Å². The average Bonchev–Trinajstić information content (AvgIpc) is 2.79. The van der Waals surface area contributed by atoms with Crippen molar-refractivity contribution in [2.24, 2.45) is 5.92 Å². The third-order valence-corrected chi connectivity index (χ3v) is 3.88. The van der Waals surface area contributed by atoms with Crippen molar-refractivity contribution in [3.63, 3.8) is 0 Å². The SMILES string of the molecule is CN1CCCC(Cc2cn3cc(C=O)ccc3n2)C1. The molecule has 0 aliphatic carbocycles. The number of fused-ring (bicyclic) bond motifs is 1. The van der Waals surface area contributed by atoms with Gasteiger partial charge in [0.25, 0.3) is 0 Å². The van der Waals surface area contributed by atoms with Crippen LogP contribution in [0.5, 0.6) is 0 Å². The summed E-state index contributed by atoms with van der Waals surface area (Å²) in [6.07, 6.45) is 8.36. The standard InChI is InChI=1S/C15H19N3O/c1-17-6-2-3-12(8-17)7-14-10-18-9-13(11-19)4-5-15(18)16-14/h4-5,9-12H,2-3,6-8H2,1H3. The third-order valence-electron chi connectivity index (χ3n) is 3.88. The Balaban J connectivity index is 1.79. The second-order valence-electron chi connectivity index (χ2n) is 5.55. The Kier molecular flexibility index (Phi) is 3.34. The summed E-state index contributed by atoms with van der Waals surface area (Å²) in [4.78, 5) is 17.8. The lowest BCUT2D eigenvalue weighted by molar-refractivity contribution is 0.112. The summed E-state index contributed by atoms with van der Waals surface area (Å²) < 4.78 is 1.95. The first-order valence-electron chi connectivity index (χ1n) is 6.86. The minimum atomic E-state index is 0.689. The van der Waals surface area contributed by atoms with E-state index >= 15 is 0 Å². The van der Waals surface area contributed by atoms with Gasteiger partial charge >= 0.3 is 0 Å². The van der Waals surface area contributed by atoms with Crippen molar-refractivity contribution < 1.29 is 4.79 Å². The number of hydrogen-bond donors (Lipinski definition) is 0. The Morgan fingerprint density at radius 1 is 1.42 bits per heavy atom. The van der Waals surface area contributed by atoms with Gasteiger partial charge in [0.1, 0.15) is 5.65 Å². The molecule has 3 heterocycles. The predicted molar refractivity (Wildman–Crippen MR) is 74.5 cm³/mol. The van der Waals surface area contributed by atoms with E-state index in [-0.39, 0.29) is 0 Å². The molecule has 100 valence electrons. The number of pyridine rings is 1. The Bertz CT molecular complexity index is 590. The zero-order valence-electron chi connectivity index (χ0n) is 11.2. The maximum atomic E-state index is 10.8. The highest BCUT2D eigenvalue weighted by atomic mass is 16.1. The fraction of sp³-hybridized carbons (Fsp3) is 0.467. The zero-order valence-corrected chi connectivity index (χ0v) is 11.2. The molecule has 1 aliphatic heterocycles. The highest BCUT2D eigenvalue weighted by molar-refractivity contribution is 5.74. The maximum absolute atomic E-state index is 10.8. The van der Waals surface area contributed by atoms with E-state index in [0.29, 0.717) is 11.5 Å². The number of piperidine rings is 1. The van der Waals surface area contributed by atoms with Gasteiger partial charge in [0.05, 0.1) is 5.69 Å². The maximum Gasteiger partial charge on any atom is 0.151 e. The number of rotatable bonds is 3. The molecular formula is C15H19N3O. The second-order valence-corrected chi connectivity index (χ2v) is 5.55. The van der Waals surface area contributed by atoms with Crippen molar-refractivity contribution in [2.75, 3.05) is 20.1 Å². The monoisotopic (exact) mass is 257 g/mol. The predicted octanol–water partition coefficient (Wildman–Crippen LogP) is 2.03. The fourth-order valence-corrected chi connectivity index (χ4v) is 2.97. The van der Waals surface area contributed by atoms with Crippen LogP contribution in [-0.2, 0) is 6.42 Å². The number of nitrogens with zero attached hydrogens (tertiary/aromatic N) is 3. The van der Waals surface area contributed by atoms with Crippen molar-refractivity contribution in [3.05, 3.63) is 35.8 Å². The molecule has 0 saturated carbocycles. The van der Waals surface area contributed by atoms with Crippen molar-refractivity contribution in [1.29, 1.82) is 0 Å². The minimum Gasteiger partial charge on any atom is -0.306 e. The van der Waals surface area contributed by atoms with Gasteiger partial charge in [0, 0.05) is 24.5 Å². The molecule has 0 amide bonds. The molecule has 2 aromatic heterocycles. The van der Waals surface area contributed by atoms with Crippen molar-refractivity contribution in [3.8, 4) is 0 Å². The summed E-state index contributed by atoms with van der Waals surface area (Å²) in [5, 5.41) is 0. The highest BCUT2D eigenvalue weighted by Gasteiger charge is 2.18. The van der Waals surface area contributed by atoms with E-state index in [2.05, 4.69) is 23.1 Å². The molecule has 0 radical (unpaired) electrons. The van der Waals surface area contributed by atoms with Crippen molar-refractivity contribution >= 4 is 11.9 Å². The zero-order chi connectivity index (χ0) is 13.2. The van der Waals surface area contributed by atoms with Crippen LogP contribution in [0.2, 0.25) is 0 Å². The first-order valence-corrected chi connectivity index (χ1v) is 6.86.